The summed E-state index contributed by atoms with van der Waals surface area (Å²) in [5, 5.41) is 5.40. The Balaban J connectivity index is 1.52. The van der Waals surface area contributed by atoms with Crippen LogP contribution >= 0.6 is 0 Å². The molecule has 0 spiro atoms. The van der Waals surface area contributed by atoms with E-state index < -0.39 is 18.0 Å². The molecule has 1 atom stereocenters. The van der Waals surface area contributed by atoms with Crippen LogP contribution in [0.1, 0.15) is 43.5 Å². The van der Waals surface area contributed by atoms with Gasteiger partial charge in [0.2, 0.25) is 5.91 Å². The normalized spacial score (nSPS) is 14.5. The Morgan fingerprint density at radius 1 is 0.867 bits per heavy atom. The van der Waals surface area contributed by atoms with Gasteiger partial charge in [-0.05, 0) is 74.7 Å². The third-order valence-electron chi connectivity index (χ3n) is 4.95. The Hall–Kier alpha value is -3.35. The van der Waals surface area contributed by atoms with Crippen molar-refractivity contribution in [3.63, 3.8) is 0 Å². The van der Waals surface area contributed by atoms with Crippen LogP contribution in [0.3, 0.4) is 0 Å². The molecule has 30 heavy (non-hydrogen) atoms. The number of amides is 2. The molecule has 3 rings (SSSR count). The maximum Gasteiger partial charge on any atom is 0.338 e. The van der Waals surface area contributed by atoms with Gasteiger partial charge in [0.25, 0.3) is 5.91 Å². The molecule has 1 aliphatic rings. The zero-order valence-corrected chi connectivity index (χ0v) is 17.3. The zero-order chi connectivity index (χ0) is 21.5. The van der Waals surface area contributed by atoms with Crippen molar-refractivity contribution in [3.05, 3.63) is 54.1 Å². The summed E-state index contributed by atoms with van der Waals surface area (Å²) in [6, 6.07) is 14.0. The molecule has 2 aromatic carbocycles. The van der Waals surface area contributed by atoms with Gasteiger partial charge in [-0.3, -0.25) is 9.59 Å². The second-order valence-electron chi connectivity index (χ2n) is 7.39. The summed E-state index contributed by atoms with van der Waals surface area (Å²) >= 11 is 0. The lowest BCUT2D eigenvalue weighted by Gasteiger charge is -2.28. The van der Waals surface area contributed by atoms with Crippen molar-refractivity contribution >= 4 is 34.8 Å². The largest absolute Gasteiger partial charge is 0.449 e. The number of nitrogens with one attached hydrogen (secondary N) is 2. The molecule has 158 valence electrons. The summed E-state index contributed by atoms with van der Waals surface area (Å²) in [5.41, 5.74) is 2.69. The fraction of sp³-hybridized carbons (Fsp3) is 0.348. The minimum absolute atomic E-state index is 0.195. The quantitative estimate of drug-likeness (QED) is 0.708. The van der Waals surface area contributed by atoms with Gasteiger partial charge in [-0.1, -0.05) is 0 Å². The van der Waals surface area contributed by atoms with E-state index in [1.807, 2.05) is 24.3 Å². The van der Waals surface area contributed by atoms with Gasteiger partial charge in [-0.2, -0.15) is 0 Å². The first-order chi connectivity index (χ1) is 14.4. The number of hydrogen-bond donors (Lipinski definition) is 2. The molecule has 1 aliphatic heterocycles. The number of carbonyl (C=O) groups is 3. The lowest BCUT2D eigenvalue weighted by Crippen LogP contribution is -2.30. The van der Waals surface area contributed by atoms with E-state index in [-0.39, 0.29) is 5.91 Å². The van der Waals surface area contributed by atoms with Crippen molar-refractivity contribution in [1.82, 2.24) is 0 Å². The van der Waals surface area contributed by atoms with Gasteiger partial charge < -0.3 is 20.3 Å². The summed E-state index contributed by atoms with van der Waals surface area (Å²) in [4.78, 5) is 38.1. The van der Waals surface area contributed by atoms with Gasteiger partial charge in [0.1, 0.15) is 0 Å². The van der Waals surface area contributed by atoms with Crippen molar-refractivity contribution < 1.29 is 19.1 Å². The molecule has 0 unspecified atom stereocenters. The van der Waals surface area contributed by atoms with E-state index >= 15 is 0 Å². The smallest absolute Gasteiger partial charge is 0.338 e. The lowest BCUT2D eigenvalue weighted by molar-refractivity contribution is -0.123. The molecule has 2 amide bonds. The molecule has 7 heteroatoms. The summed E-state index contributed by atoms with van der Waals surface area (Å²) < 4.78 is 5.26. The fourth-order valence-corrected chi connectivity index (χ4v) is 3.33. The molecule has 0 saturated carbocycles. The molecule has 1 saturated heterocycles. The number of carbonyl (C=O) groups excluding carboxylic acids is 3. The van der Waals surface area contributed by atoms with Gasteiger partial charge in [-0.25, -0.2) is 4.79 Å². The number of hydrogen-bond acceptors (Lipinski definition) is 5. The summed E-state index contributed by atoms with van der Waals surface area (Å²) in [6.45, 7) is 5.06. The molecular weight excluding hydrogens is 382 g/mol. The number of esters is 1. The predicted molar refractivity (Wildman–Crippen MR) is 117 cm³/mol. The highest BCUT2D eigenvalue weighted by atomic mass is 16.5. The number of piperidine rings is 1. The van der Waals surface area contributed by atoms with E-state index in [0.29, 0.717) is 16.9 Å². The summed E-state index contributed by atoms with van der Waals surface area (Å²) in [7, 11) is 0. The first-order valence-corrected chi connectivity index (χ1v) is 10.2. The standard InChI is InChI=1S/C23H27N3O4/c1-16(30-23(29)18-6-8-19(9-7-18)24-17(2)27)22(28)25-20-10-12-21(13-11-20)26-14-4-3-5-15-26/h6-13,16H,3-5,14-15H2,1-2H3,(H,24,27)(H,25,28)/t16-/m1/s1. The predicted octanol–water partition coefficient (Wildman–Crippen LogP) is 3.82. The molecule has 1 fully saturated rings. The van der Waals surface area contributed by atoms with E-state index in [1.54, 1.807) is 12.1 Å². The third-order valence-corrected chi connectivity index (χ3v) is 4.95. The maximum absolute atomic E-state index is 12.4. The van der Waals surface area contributed by atoms with E-state index in [0.717, 1.165) is 18.8 Å². The second kappa shape index (κ2) is 9.91. The van der Waals surface area contributed by atoms with Crippen LogP contribution in [-0.4, -0.2) is 37.0 Å². The molecule has 0 aliphatic carbocycles. The number of rotatable bonds is 6. The summed E-state index contributed by atoms with van der Waals surface area (Å²) in [5.74, 6) is -1.20. The molecule has 1 heterocycles. The minimum atomic E-state index is -0.950. The van der Waals surface area contributed by atoms with Gasteiger partial charge >= 0.3 is 5.97 Å². The van der Waals surface area contributed by atoms with Crippen LogP contribution in [0.25, 0.3) is 0 Å². The number of ether oxygens (including phenoxy) is 1. The minimum Gasteiger partial charge on any atom is -0.449 e. The maximum atomic E-state index is 12.4. The monoisotopic (exact) mass is 409 g/mol. The number of anilines is 3. The highest BCUT2D eigenvalue weighted by Crippen LogP contribution is 2.22. The van der Waals surface area contributed by atoms with Gasteiger partial charge in [0.15, 0.2) is 6.10 Å². The Kier molecular flexibility index (Phi) is 7.06. The van der Waals surface area contributed by atoms with Gasteiger partial charge in [0, 0.05) is 37.1 Å². The van der Waals surface area contributed by atoms with Crippen LogP contribution in [-0.2, 0) is 14.3 Å². The van der Waals surface area contributed by atoms with Gasteiger partial charge in [0.05, 0.1) is 5.56 Å². The molecule has 0 radical (unpaired) electrons. The Labute approximate surface area is 176 Å². The average Bonchev–Trinajstić information content (AvgIpc) is 2.75. The number of benzene rings is 2. The Morgan fingerprint density at radius 3 is 2.03 bits per heavy atom. The van der Waals surface area contributed by atoms with Gasteiger partial charge in [-0.15, -0.1) is 0 Å². The lowest BCUT2D eigenvalue weighted by atomic mass is 10.1. The molecule has 0 bridgehead atoms. The van der Waals surface area contributed by atoms with Crippen LogP contribution < -0.4 is 15.5 Å². The van der Waals surface area contributed by atoms with Crippen LogP contribution in [0, 0.1) is 0 Å². The van der Waals surface area contributed by atoms with Crippen LogP contribution in [0.15, 0.2) is 48.5 Å². The van der Waals surface area contributed by atoms with Crippen LogP contribution in [0.4, 0.5) is 17.1 Å². The number of nitrogens with zero attached hydrogens (tertiary/aromatic N) is 1. The SMILES string of the molecule is CC(=O)Nc1ccc(C(=O)O[C@H](C)C(=O)Nc2ccc(N3CCCCC3)cc2)cc1. The van der Waals surface area contributed by atoms with E-state index in [4.69, 9.17) is 4.74 Å². The topological polar surface area (TPSA) is 87.7 Å². The first kappa shape index (κ1) is 21.4. The highest BCUT2D eigenvalue weighted by Gasteiger charge is 2.19. The molecule has 0 aromatic heterocycles. The van der Waals surface area contributed by atoms with Crippen molar-refractivity contribution in [2.24, 2.45) is 0 Å². The molecule has 7 nitrogen and oxygen atoms in total. The Morgan fingerprint density at radius 2 is 1.43 bits per heavy atom. The van der Waals surface area contributed by atoms with E-state index in [1.165, 1.54) is 45.2 Å². The van der Waals surface area contributed by atoms with Crippen molar-refractivity contribution in [1.29, 1.82) is 0 Å². The molecule has 2 N–H and O–H groups in total. The molecular formula is C23H27N3O4. The summed E-state index contributed by atoms with van der Waals surface area (Å²) in [6.07, 6.45) is 2.74. The average molecular weight is 409 g/mol. The van der Waals surface area contributed by atoms with E-state index in [2.05, 4.69) is 15.5 Å². The van der Waals surface area contributed by atoms with Crippen molar-refractivity contribution in [2.45, 2.75) is 39.2 Å². The molecule has 2 aromatic rings. The van der Waals surface area contributed by atoms with Crippen LogP contribution in [0.2, 0.25) is 0 Å². The highest BCUT2D eigenvalue weighted by molar-refractivity contribution is 5.97. The first-order valence-electron chi connectivity index (χ1n) is 10.2. The third kappa shape index (κ3) is 5.83. The fourth-order valence-electron chi connectivity index (χ4n) is 3.33. The second-order valence-corrected chi connectivity index (χ2v) is 7.39. The van der Waals surface area contributed by atoms with Crippen LogP contribution in [0.5, 0.6) is 0 Å². The Bertz CT molecular complexity index is 888. The van der Waals surface area contributed by atoms with E-state index in [9.17, 15) is 14.4 Å². The van der Waals surface area contributed by atoms with Crippen molar-refractivity contribution in [3.8, 4) is 0 Å². The van der Waals surface area contributed by atoms with Crippen molar-refractivity contribution in [2.75, 3.05) is 28.6 Å². The zero-order valence-electron chi connectivity index (χ0n) is 17.3.